The molecule has 0 aliphatic carbocycles. The van der Waals surface area contributed by atoms with E-state index in [0.717, 1.165) is 61.4 Å². The maximum absolute atomic E-state index is 4.78. The number of nitrogens with zero attached hydrogens (tertiary/aromatic N) is 8. The molecule has 5 rings (SSSR count). The molecule has 2 aliphatic heterocycles. The van der Waals surface area contributed by atoms with Crippen LogP contribution in [-0.4, -0.2) is 56.0 Å². The first-order valence-corrected chi connectivity index (χ1v) is 9.21. The Hall–Kier alpha value is -2.77. The van der Waals surface area contributed by atoms with E-state index in [9.17, 15) is 0 Å². The normalized spacial score (nSPS) is 22.4. The van der Waals surface area contributed by atoms with E-state index in [1.807, 2.05) is 29.9 Å². The molecule has 8 nitrogen and oxygen atoms in total. The summed E-state index contributed by atoms with van der Waals surface area (Å²) in [6.45, 7) is 8.17. The fourth-order valence-corrected chi connectivity index (χ4v) is 4.11. The van der Waals surface area contributed by atoms with Crippen molar-refractivity contribution in [3.8, 4) is 0 Å². The van der Waals surface area contributed by atoms with E-state index in [2.05, 4.69) is 43.0 Å². The SMILES string of the molecule is CCc1nnc2ccc(N3CC4CN(c5ncc(C)cn5)CC4C3)nn12. The van der Waals surface area contributed by atoms with Gasteiger partial charge in [-0.3, -0.25) is 0 Å². The van der Waals surface area contributed by atoms with Gasteiger partial charge in [0.1, 0.15) is 5.82 Å². The molecule has 0 aromatic carbocycles. The Bertz CT molecular complexity index is 920. The van der Waals surface area contributed by atoms with Gasteiger partial charge in [0.05, 0.1) is 0 Å². The Morgan fingerprint density at radius 2 is 1.65 bits per heavy atom. The summed E-state index contributed by atoms with van der Waals surface area (Å²) in [4.78, 5) is 13.7. The van der Waals surface area contributed by atoms with Gasteiger partial charge in [0, 0.05) is 56.8 Å². The summed E-state index contributed by atoms with van der Waals surface area (Å²) in [7, 11) is 0. The van der Waals surface area contributed by atoms with Crippen LogP contribution >= 0.6 is 0 Å². The summed E-state index contributed by atoms with van der Waals surface area (Å²) in [6.07, 6.45) is 4.62. The van der Waals surface area contributed by atoms with E-state index >= 15 is 0 Å². The second-order valence-electron chi connectivity index (χ2n) is 7.32. The zero-order chi connectivity index (χ0) is 17.7. The molecule has 26 heavy (non-hydrogen) atoms. The van der Waals surface area contributed by atoms with E-state index in [1.165, 1.54) is 0 Å². The van der Waals surface area contributed by atoms with Crippen LogP contribution in [0.2, 0.25) is 0 Å². The van der Waals surface area contributed by atoms with Crippen molar-refractivity contribution < 1.29 is 0 Å². The summed E-state index contributed by atoms with van der Waals surface area (Å²) in [5.41, 5.74) is 1.91. The van der Waals surface area contributed by atoms with Crippen LogP contribution in [0.3, 0.4) is 0 Å². The minimum Gasteiger partial charge on any atom is -0.354 e. The molecular formula is C18H22N8. The summed E-state index contributed by atoms with van der Waals surface area (Å²) in [6, 6.07) is 4.07. The number of hydrogen-bond donors (Lipinski definition) is 0. The maximum Gasteiger partial charge on any atom is 0.225 e. The molecule has 0 radical (unpaired) electrons. The standard InChI is InChI=1S/C18H22N8/c1-3-15-21-22-16-4-5-17(23-26(15)16)24-8-13-10-25(11-14(13)9-24)18-19-6-12(2)7-20-18/h4-7,13-14H,3,8-11H2,1-2H3. The Kier molecular flexibility index (Phi) is 3.51. The van der Waals surface area contributed by atoms with Crippen LogP contribution in [0.25, 0.3) is 5.65 Å². The van der Waals surface area contributed by atoms with Crippen molar-refractivity contribution in [2.75, 3.05) is 36.0 Å². The molecular weight excluding hydrogens is 328 g/mol. The van der Waals surface area contributed by atoms with Crippen molar-refractivity contribution in [2.24, 2.45) is 11.8 Å². The minimum absolute atomic E-state index is 0.629. The lowest BCUT2D eigenvalue weighted by atomic mass is 10.0. The van der Waals surface area contributed by atoms with Gasteiger partial charge in [0.25, 0.3) is 0 Å². The van der Waals surface area contributed by atoms with Gasteiger partial charge in [-0.15, -0.1) is 15.3 Å². The molecule has 2 unspecified atom stereocenters. The van der Waals surface area contributed by atoms with Crippen molar-refractivity contribution in [2.45, 2.75) is 20.3 Å². The summed E-state index contributed by atoms with van der Waals surface area (Å²) >= 11 is 0. The zero-order valence-corrected chi connectivity index (χ0v) is 15.1. The zero-order valence-electron chi connectivity index (χ0n) is 15.1. The highest BCUT2D eigenvalue weighted by Gasteiger charge is 2.41. The highest BCUT2D eigenvalue weighted by molar-refractivity contribution is 5.47. The van der Waals surface area contributed by atoms with Crippen molar-refractivity contribution >= 4 is 17.4 Å². The van der Waals surface area contributed by atoms with Crippen LogP contribution in [-0.2, 0) is 6.42 Å². The Labute approximate surface area is 151 Å². The number of anilines is 2. The van der Waals surface area contributed by atoms with Crippen molar-refractivity contribution in [3.05, 3.63) is 35.9 Å². The van der Waals surface area contributed by atoms with E-state index < -0.39 is 0 Å². The summed E-state index contributed by atoms with van der Waals surface area (Å²) < 4.78 is 1.87. The van der Waals surface area contributed by atoms with Crippen LogP contribution in [0.4, 0.5) is 11.8 Å². The van der Waals surface area contributed by atoms with Crippen molar-refractivity contribution in [1.82, 2.24) is 29.8 Å². The lowest BCUT2D eigenvalue weighted by Crippen LogP contribution is -2.30. The quantitative estimate of drug-likeness (QED) is 0.706. The molecule has 3 aromatic heterocycles. The van der Waals surface area contributed by atoms with Gasteiger partial charge in [-0.05, 0) is 24.6 Å². The van der Waals surface area contributed by atoms with Crippen LogP contribution in [0, 0.1) is 18.8 Å². The first-order chi connectivity index (χ1) is 12.7. The molecule has 2 fully saturated rings. The number of aromatic nitrogens is 6. The number of rotatable bonds is 3. The van der Waals surface area contributed by atoms with Gasteiger partial charge in [-0.1, -0.05) is 6.92 Å². The summed E-state index contributed by atoms with van der Waals surface area (Å²) in [5, 5.41) is 13.2. The lowest BCUT2D eigenvalue weighted by molar-refractivity contribution is 0.533. The molecule has 5 heterocycles. The smallest absolute Gasteiger partial charge is 0.225 e. The molecule has 2 saturated heterocycles. The second kappa shape index (κ2) is 5.89. The Morgan fingerprint density at radius 1 is 0.962 bits per heavy atom. The van der Waals surface area contributed by atoms with E-state index in [4.69, 9.17) is 5.10 Å². The van der Waals surface area contributed by atoms with Crippen molar-refractivity contribution in [1.29, 1.82) is 0 Å². The molecule has 0 N–H and O–H groups in total. The van der Waals surface area contributed by atoms with Crippen LogP contribution in [0.5, 0.6) is 0 Å². The number of fused-ring (bicyclic) bond motifs is 2. The lowest BCUT2D eigenvalue weighted by Gasteiger charge is -2.22. The molecule has 8 heteroatoms. The van der Waals surface area contributed by atoms with Crippen molar-refractivity contribution in [3.63, 3.8) is 0 Å². The number of aryl methyl sites for hydroxylation is 2. The largest absolute Gasteiger partial charge is 0.354 e. The average Bonchev–Trinajstić information content (AvgIpc) is 3.34. The van der Waals surface area contributed by atoms with Gasteiger partial charge in [0.2, 0.25) is 5.95 Å². The molecule has 2 atom stereocenters. The monoisotopic (exact) mass is 350 g/mol. The number of hydrogen-bond acceptors (Lipinski definition) is 7. The van der Waals surface area contributed by atoms with Gasteiger partial charge in [-0.2, -0.15) is 4.52 Å². The van der Waals surface area contributed by atoms with Gasteiger partial charge < -0.3 is 9.80 Å². The molecule has 134 valence electrons. The Morgan fingerprint density at radius 3 is 2.35 bits per heavy atom. The molecule has 3 aromatic rings. The average molecular weight is 350 g/mol. The topological polar surface area (TPSA) is 75.3 Å². The minimum atomic E-state index is 0.629. The third-order valence-corrected chi connectivity index (χ3v) is 5.49. The van der Waals surface area contributed by atoms with E-state index in [-0.39, 0.29) is 0 Å². The Balaban J connectivity index is 1.33. The molecule has 0 amide bonds. The van der Waals surface area contributed by atoms with E-state index in [1.54, 1.807) is 0 Å². The highest BCUT2D eigenvalue weighted by atomic mass is 15.4. The third-order valence-electron chi connectivity index (χ3n) is 5.49. The molecule has 0 spiro atoms. The maximum atomic E-state index is 4.78. The molecule has 0 saturated carbocycles. The van der Waals surface area contributed by atoms with Crippen LogP contribution in [0.15, 0.2) is 24.5 Å². The van der Waals surface area contributed by atoms with Crippen LogP contribution < -0.4 is 9.80 Å². The fourth-order valence-electron chi connectivity index (χ4n) is 4.11. The second-order valence-corrected chi connectivity index (χ2v) is 7.32. The van der Waals surface area contributed by atoms with E-state index in [0.29, 0.717) is 11.8 Å². The fraction of sp³-hybridized carbons (Fsp3) is 0.500. The first kappa shape index (κ1) is 15.5. The molecule has 2 aliphatic rings. The summed E-state index contributed by atoms with van der Waals surface area (Å²) in [5.74, 6) is 4.03. The van der Waals surface area contributed by atoms with Gasteiger partial charge in [-0.25, -0.2) is 9.97 Å². The van der Waals surface area contributed by atoms with Gasteiger partial charge >= 0.3 is 0 Å². The predicted molar refractivity (Wildman–Crippen MR) is 98.3 cm³/mol. The van der Waals surface area contributed by atoms with Gasteiger partial charge in [0.15, 0.2) is 11.5 Å². The molecule has 0 bridgehead atoms. The third kappa shape index (κ3) is 2.48. The van der Waals surface area contributed by atoms with Crippen LogP contribution in [0.1, 0.15) is 18.3 Å². The first-order valence-electron chi connectivity index (χ1n) is 9.21. The highest BCUT2D eigenvalue weighted by Crippen LogP contribution is 2.34. The predicted octanol–water partition coefficient (Wildman–Crippen LogP) is 1.36.